The van der Waals surface area contributed by atoms with Crippen LogP contribution in [0, 0.1) is 0 Å². The standard InChI is InChI=1S/C22H20N4O3/c1-24-17-7-3-2-6-16(17)22(21(24)29)9-12-25(13-10-22)19(27)15-14-23-18-8-4-5-11-26(18)20(15)28/h2-8,11,14H,9-10,12-13H2,1H3. The summed E-state index contributed by atoms with van der Waals surface area (Å²) in [5, 5.41) is 0. The van der Waals surface area contributed by atoms with Gasteiger partial charge in [0.1, 0.15) is 11.2 Å². The van der Waals surface area contributed by atoms with Gasteiger partial charge in [0, 0.05) is 38.2 Å². The van der Waals surface area contributed by atoms with E-state index in [2.05, 4.69) is 4.98 Å². The summed E-state index contributed by atoms with van der Waals surface area (Å²) in [5.41, 5.74) is 1.57. The van der Waals surface area contributed by atoms with Crippen molar-refractivity contribution in [2.24, 2.45) is 0 Å². The lowest BCUT2D eigenvalue weighted by Crippen LogP contribution is -2.50. The van der Waals surface area contributed by atoms with E-state index in [0.29, 0.717) is 31.6 Å². The van der Waals surface area contributed by atoms with Crippen molar-refractivity contribution in [1.29, 1.82) is 0 Å². The van der Waals surface area contributed by atoms with E-state index in [-0.39, 0.29) is 22.9 Å². The maximum absolute atomic E-state index is 13.0. The average molecular weight is 388 g/mol. The Morgan fingerprint density at radius 2 is 1.76 bits per heavy atom. The molecule has 0 N–H and O–H groups in total. The van der Waals surface area contributed by atoms with Gasteiger partial charge in [0.05, 0.1) is 5.41 Å². The Hall–Kier alpha value is -3.48. The van der Waals surface area contributed by atoms with Gasteiger partial charge in [-0.25, -0.2) is 4.98 Å². The number of carbonyl (C=O) groups is 2. The number of piperidine rings is 1. The van der Waals surface area contributed by atoms with Gasteiger partial charge in [-0.2, -0.15) is 0 Å². The smallest absolute Gasteiger partial charge is 0.270 e. The fraction of sp³-hybridized carbons (Fsp3) is 0.273. The summed E-state index contributed by atoms with van der Waals surface area (Å²) in [6, 6.07) is 13.1. The number of hydrogen-bond donors (Lipinski definition) is 0. The van der Waals surface area contributed by atoms with Gasteiger partial charge < -0.3 is 9.80 Å². The number of amides is 2. The van der Waals surface area contributed by atoms with Gasteiger partial charge >= 0.3 is 0 Å². The number of carbonyl (C=O) groups excluding carboxylic acids is 2. The molecule has 5 rings (SSSR count). The molecule has 7 heteroatoms. The molecule has 3 aromatic rings. The van der Waals surface area contributed by atoms with Crippen LogP contribution in [0.25, 0.3) is 5.65 Å². The Bertz CT molecular complexity index is 1210. The van der Waals surface area contributed by atoms with Crippen LogP contribution in [-0.2, 0) is 10.2 Å². The van der Waals surface area contributed by atoms with Gasteiger partial charge in [-0.15, -0.1) is 0 Å². The third kappa shape index (κ3) is 2.43. The Kier molecular flexibility index (Phi) is 3.81. The maximum atomic E-state index is 13.0. The second-order valence-corrected chi connectivity index (χ2v) is 7.66. The first-order valence-corrected chi connectivity index (χ1v) is 9.66. The van der Waals surface area contributed by atoms with Crippen molar-refractivity contribution in [1.82, 2.24) is 14.3 Å². The van der Waals surface area contributed by atoms with Crippen LogP contribution in [0.2, 0.25) is 0 Å². The molecule has 2 aliphatic heterocycles. The topological polar surface area (TPSA) is 75.0 Å². The molecule has 4 heterocycles. The number of rotatable bonds is 1. The molecule has 0 atom stereocenters. The van der Waals surface area contributed by atoms with E-state index in [1.54, 1.807) is 41.2 Å². The van der Waals surface area contributed by atoms with Crippen LogP contribution < -0.4 is 10.5 Å². The molecule has 0 saturated carbocycles. The van der Waals surface area contributed by atoms with Crippen LogP contribution in [0.4, 0.5) is 5.69 Å². The number of likely N-dealkylation sites (tertiary alicyclic amines) is 1. The lowest BCUT2D eigenvalue weighted by molar-refractivity contribution is -0.124. The zero-order valence-electron chi connectivity index (χ0n) is 16.0. The summed E-state index contributed by atoms with van der Waals surface area (Å²) in [6.45, 7) is 0.841. The predicted octanol–water partition coefficient (Wildman–Crippen LogP) is 1.84. The SMILES string of the molecule is CN1C(=O)C2(CCN(C(=O)c3cnc4ccccn4c3=O)CC2)c2ccccc21. The Labute approximate surface area is 167 Å². The Morgan fingerprint density at radius 3 is 2.55 bits per heavy atom. The number of aromatic nitrogens is 2. The normalized spacial score (nSPS) is 17.8. The van der Waals surface area contributed by atoms with E-state index in [0.717, 1.165) is 11.3 Å². The molecular weight excluding hydrogens is 368 g/mol. The van der Waals surface area contributed by atoms with Crippen molar-refractivity contribution in [2.75, 3.05) is 25.0 Å². The van der Waals surface area contributed by atoms with Gasteiger partial charge in [-0.05, 0) is 36.6 Å². The molecule has 0 bridgehead atoms. The number of para-hydroxylation sites is 1. The molecule has 0 unspecified atom stereocenters. The molecule has 29 heavy (non-hydrogen) atoms. The number of nitrogens with zero attached hydrogens (tertiary/aromatic N) is 4. The summed E-state index contributed by atoms with van der Waals surface area (Å²) < 4.78 is 1.38. The molecule has 1 spiro atoms. The number of hydrogen-bond acceptors (Lipinski definition) is 4. The first-order chi connectivity index (χ1) is 14.0. The van der Waals surface area contributed by atoms with Crippen LogP contribution in [0.15, 0.2) is 59.7 Å². The first kappa shape index (κ1) is 17.6. The molecule has 146 valence electrons. The van der Waals surface area contributed by atoms with Gasteiger partial charge in [-0.3, -0.25) is 18.8 Å². The lowest BCUT2D eigenvalue weighted by atomic mass is 9.73. The van der Waals surface area contributed by atoms with Crippen LogP contribution in [0.3, 0.4) is 0 Å². The summed E-state index contributed by atoms with van der Waals surface area (Å²) in [7, 11) is 1.80. The monoisotopic (exact) mass is 388 g/mol. The summed E-state index contributed by atoms with van der Waals surface area (Å²) >= 11 is 0. The van der Waals surface area contributed by atoms with Crippen molar-refractivity contribution in [3.8, 4) is 0 Å². The van der Waals surface area contributed by atoms with E-state index >= 15 is 0 Å². The fourth-order valence-electron chi connectivity index (χ4n) is 4.63. The molecule has 0 radical (unpaired) electrons. The molecule has 2 amide bonds. The van der Waals surface area contributed by atoms with Crippen molar-refractivity contribution < 1.29 is 9.59 Å². The highest BCUT2D eigenvalue weighted by Gasteiger charge is 2.51. The number of fused-ring (bicyclic) bond motifs is 3. The minimum absolute atomic E-state index is 0.0555. The fourth-order valence-corrected chi connectivity index (χ4v) is 4.63. The highest BCUT2D eigenvalue weighted by molar-refractivity contribution is 6.08. The van der Waals surface area contributed by atoms with Gasteiger partial charge in [0.15, 0.2) is 0 Å². The van der Waals surface area contributed by atoms with E-state index < -0.39 is 5.41 Å². The zero-order chi connectivity index (χ0) is 20.2. The molecule has 1 fully saturated rings. The minimum atomic E-state index is -0.585. The molecular formula is C22H20N4O3. The second-order valence-electron chi connectivity index (χ2n) is 7.66. The summed E-state index contributed by atoms with van der Waals surface area (Å²) in [4.78, 5) is 46.4. The van der Waals surface area contributed by atoms with Crippen molar-refractivity contribution in [2.45, 2.75) is 18.3 Å². The van der Waals surface area contributed by atoms with Crippen molar-refractivity contribution in [3.05, 3.63) is 76.3 Å². The number of anilines is 1. The third-order valence-electron chi connectivity index (χ3n) is 6.24. The first-order valence-electron chi connectivity index (χ1n) is 9.66. The van der Waals surface area contributed by atoms with Crippen LogP contribution in [-0.4, -0.2) is 46.2 Å². The van der Waals surface area contributed by atoms with Crippen LogP contribution in [0.5, 0.6) is 0 Å². The summed E-state index contributed by atoms with van der Waals surface area (Å²) in [6.07, 6.45) is 4.05. The van der Waals surface area contributed by atoms with E-state index in [4.69, 9.17) is 0 Å². The molecule has 7 nitrogen and oxygen atoms in total. The van der Waals surface area contributed by atoms with E-state index in [1.165, 1.54) is 10.6 Å². The largest absolute Gasteiger partial charge is 0.338 e. The maximum Gasteiger partial charge on any atom is 0.270 e. The molecule has 1 saturated heterocycles. The lowest BCUT2D eigenvalue weighted by Gasteiger charge is -2.38. The van der Waals surface area contributed by atoms with Gasteiger partial charge in [0.2, 0.25) is 5.91 Å². The minimum Gasteiger partial charge on any atom is -0.338 e. The number of benzene rings is 1. The average Bonchev–Trinajstić information content (AvgIpc) is 2.97. The third-order valence-corrected chi connectivity index (χ3v) is 6.24. The molecule has 2 aliphatic rings. The Morgan fingerprint density at radius 1 is 1.03 bits per heavy atom. The van der Waals surface area contributed by atoms with Crippen LogP contribution in [0.1, 0.15) is 28.8 Å². The molecule has 2 aromatic heterocycles. The van der Waals surface area contributed by atoms with Gasteiger partial charge in [0.25, 0.3) is 11.5 Å². The van der Waals surface area contributed by atoms with E-state index in [1.807, 2.05) is 24.3 Å². The van der Waals surface area contributed by atoms with Gasteiger partial charge in [-0.1, -0.05) is 24.3 Å². The van der Waals surface area contributed by atoms with Crippen molar-refractivity contribution >= 4 is 23.1 Å². The molecule has 0 aliphatic carbocycles. The highest BCUT2D eigenvalue weighted by Crippen LogP contribution is 2.47. The predicted molar refractivity (Wildman–Crippen MR) is 108 cm³/mol. The zero-order valence-corrected chi connectivity index (χ0v) is 16.0. The quantitative estimate of drug-likeness (QED) is 0.638. The summed E-state index contributed by atoms with van der Waals surface area (Å²) in [5.74, 6) is -0.249. The highest BCUT2D eigenvalue weighted by atomic mass is 16.2. The van der Waals surface area contributed by atoms with Crippen LogP contribution >= 0.6 is 0 Å². The second kappa shape index (κ2) is 6.27. The van der Waals surface area contributed by atoms with Crippen molar-refractivity contribution in [3.63, 3.8) is 0 Å². The Balaban J connectivity index is 1.43. The van der Waals surface area contributed by atoms with E-state index in [9.17, 15) is 14.4 Å². The molecule has 1 aromatic carbocycles. The number of pyridine rings is 1. The number of likely N-dealkylation sites (N-methyl/N-ethyl adjacent to an activating group) is 1.